The van der Waals surface area contributed by atoms with Crippen molar-refractivity contribution < 1.29 is 24.2 Å². The molecule has 4 rings (SSSR count). The second-order valence-electron chi connectivity index (χ2n) is 9.77. The van der Waals surface area contributed by atoms with Crippen molar-refractivity contribution in [2.75, 3.05) is 13.2 Å². The summed E-state index contributed by atoms with van der Waals surface area (Å²) in [5.41, 5.74) is 4.57. The molecule has 2 aliphatic rings. The van der Waals surface area contributed by atoms with Gasteiger partial charge in [0.25, 0.3) is 0 Å². The third-order valence-corrected chi connectivity index (χ3v) is 7.60. The van der Waals surface area contributed by atoms with Crippen LogP contribution in [0, 0.1) is 11.8 Å². The summed E-state index contributed by atoms with van der Waals surface area (Å²) in [7, 11) is 0. The molecule has 1 fully saturated rings. The van der Waals surface area contributed by atoms with Crippen LogP contribution in [0.5, 0.6) is 0 Å². The highest BCUT2D eigenvalue weighted by Crippen LogP contribution is 2.44. The maximum atomic E-state index is 13.4. The van der Waals surface area contributed by atoms with Crippen molar-refractivity contribution in [2.45, 2.75) is 58.0 Å². The Morgan fingerprint density at radius 3 is 2.23 bits per heavy atom. The number of ether oxygens (including phenoxy) is 1. The molecule has 1 saturated heterocycles. The van der Waals surface area contributed by atoms with Crippen molar-refractivity contribution >= 4 is 18.0 Å². The third kappa shape index (κ3) is 5.04. The maximum absolute atomic E-state index is 13.4. The molecule has 0 spiro atoms. The number of carboxylic acids is 1. The highest BCUT2D eigenvalue weighted by Gasteiger charge is 2.37. The number of amides is 2. The summed E-state index contributed by atoms with van der Waals surface area (Å²) in [5.74, 6) is -1.58. The monoisotopic (exact) mass is 478 g/mol. The summed E-state index contributed by atoms with van der Waals surface area (Å²) in [6.45, 7) is 6.33. The van der Waals surface area contributed by atoms with E-state index in [1.54, 1.807) is 4.90 Å². The molecule has 2 unspecified atom stereocenters. The van der Waals surface area contributed by atoms with Gasteiger partial charge in [-0.1, -0.05) is 68.8 Å². The van der Waals surface area contributed by atoms with Crippen molar-refractivity contribution in [1.29, 1.82) is 0 Å². The van der Waals surface area contributed by atoms with Crippen molar-refractivity contribution in [3.63, 3.8) is 0 Å². The van der Waals surface area contributed by atoms with Gasteiger partial charge in [-0.3, -0.25) is 9.59 Å². The minimum absolute atomic E-state index is 0.0547. The average Bonchev–Trinajstić information content (AvgIpc) is 3.18. The Morgan fingerprint density at radius 2 is 1.69 bits per heavy atom. The van der Waals surface area contributed by atoms with Crippen LogP contribution < -0.4 is 5.32 Å². The molecule has 2 N–H and O–H groups in total. The number of carbonyl (C=O) groups excluding carboxylic acids is 2. The van der Waals surface area contributed by atoms with Crippen LogP contribution in [0.3, 0.4) is 0 Å². The number of benzene rings is 2. The Morgan fingerprint density at radius 1 is 1.09 bits per heavy atom. The molecule has 2 aromatic rings. The third-order valence-electron chi connectivity index (χ3n) is 7.60. The van der Waals surface area contributed by atoms with Crippen molar-refractivity contribution in [3.05, 3.63) is 59.7 Å². The topological polar surface area (TPSA) is 95.9 Å². The fraction of sp³-hybridized carbons (Fsp3) is 0.464. The Bertz CT molecular complexity index is 1050. The number of alkyl carbamates (subject to hydrolysis) is 1. The van der Waals surface area contributed by atoms with Crippen LogP contribution in [0.15, 0.2) is 48.5 Å². The number of rotatable bonds is 7. The van der Waals surface area contributed by atoms with Gasteiger partial charge in [0.1, 0.15) is 12.6 Å². The van der Waals surface area contributed by atoms with Crippen LogP contribution in [-0.2, 0) is 14.3 Å². The van der Waals surface area contributed by atoms with Crippen LogP contribution in [0.25, 0.3) is 11.1 Å². The molecule has 0 aromatic heterocycles. The summed E-state index contributed by atoms with van der Waals surface area (Å²) in [4.78, 5) is 39.4. The lowest BCUT2D eigenvalue weighted by molar-refractivity contribution is -0.148. The number of carbonyl (C=O) groups is 3. The number of nitrogens with one attached hydrogen (secondary N) is 1. The fourth-order valence-corrected chi connectivity index (χ4v) is 5.35. The zero-order valence-corrected chi connectivity index (χ0v) is 20.6. The minimum Gasteiger partial charge on any atom is -0.481 e. The number of piperidine rings is 1. The summed E-state index contributed by atoms with van der Waals surface area (Å²) in [6, 6.07) is 15.4. The molecule has 4 atom stereocenters. The highest BCUT2D eigenvalue weighted by molar-refractivity contribution is 5.86. The summed E-state index contributed by atoms with van der Waals surface area (Å²) >= 11 is 0. The zero-order valence-electron chi connectivity index (χ0n) is 20.6. The first-order chi connectivity index (χ1) is 16.8. The number of carboxylic acid groups (broad SMARTS) is 1. The first-order valence-electron chi connectivity index (χ1n) is 12.5. The van der Waals surface area contributed by atoms with E-state index in [1.807, 2.05) is 45.0 Å². The van der Waals surface area contributed by atoms with E-state index in [0.29, 0.717) is 25.8 Å². The first-order valence-corrected chi connectivity index (χ1v) is 12.5. The van der Waals surface area contributed by atoms with Gasteiger partial charge in [0.2, 0.25) is 5.91 Å². The lowest BCUT2D eigenvalue weighted by Crippen LogP contribution is -2.56. The number of likely N-dealkylation sites (tertiary alicyclic amines) is 1. The lowest BCUT2D eigenvalue weighted by atomic mass is 9.90. The van der Waals surface area contributed by atoms with Crippen LogP contribution in [0.4, 0.5) is 4.79 Å². The molecule has 0 saturated carbocycles. The largest absolute Gasteiger partial charge is 0.481 e. The molecule has 0 bridgehead atoms. The highest BCUT2D eigenvalue weighted by atomic mass is 16.5. The van der Waals surface area contributed by atoms with E-state index in [1.165, 1.54) is 0 Å². The van der Waals surface area contributed by atoms with Gasteiger partial charge in [-0.15, -0.1) is 0 Å². The number of nitrogens with zero attached hydrogens (tertiary/aromatic N) is 1. The number of hydrogen-bond donors (Lipinski definition) is 2. The Hall–Kier alpha value is -3.35. The van der Waals surface area contributed by atoms with Gasteiger partial charge in [-0.05, 0) is 47.9 Å². The van der Waals surface area contributed by atoms with Gasteiger partial charge in [0.15, 0.2) is 0 Å². The van der Waals surface area contributed by atoms with Crippen LogP contribution in [-0.4, -0.2) is 53.2 Å². The van der Waals surface area contributed by atoms with Gasteiger partial charge in [0.05, 0.1) is 5.92 Å². The van der Waals surface area contributed by atoms with Crippen LogP contribution in [0.2, 0.25) is 0 Å². The van der Waals surface area contributed by atoms with E-state index in [0.717, 1.165) is 22.3 Å². The number of hydrogen-bond acceptors (Lipinski definition) is 4. The Kier molecular flexibility index (Phi) is 7.43. The smallest absolute Gasteiger partial charge is 0.407 e. The Labute approximate surface area is 206 Å². The molecule has 186 valence electrons. The van der Waals surface area contributed by atoms with E-state index in [9.17, 15) is 19.5 Å². The standard InChI is InChI=1S/C28H34N2O5/c1-4-17(2)25(26(31)30-14-13-19(27(32)33)15-18(30)3)29-28(34)35-16-24-22-11-7-5-9-20(22)21-10-6-8-12-23(21)24/h5-12,17-19,24-25H,4,13-16H2,1-3H3,(H,29,34)(H,32,33)/t17?,18-,19-,25?/m0/s1. The van der Waals surface area contributed by atoms with E-state index >= 15 is 0 Å². The SMILES string of the molecule is CCC(C)C(NC(=O)OCC1c2ccccc2-c2ccccc21)C(=O)N1CC[C@H](C(=O)O)C[C@@H]1C. The molecule has 35 heavy (non-hydrogen) atoms. The normalized spacial score (nSPS) is 20.9. The quantitative estimate of drug-likeness (QED) is 0.604. The molecule has 2 amide bonds. The summed E-state index contributed by atoms with van der Waals surface area (Å²) in [5, 5.41) is 12.2. The predicted octanol–water partition coefficient (Wildman–Crippen LogP) is 4.65. The lowest BCUT2D eigenvalue weighted by Gasteiger charge is -2.39. The second-order valence-corrected chi connectivity index (χ2v) is 9.77. The van der Waals surface area contributed by atoms with Gasteiger partial charge >= 0.3 is 12.1 Å². The van der Waals surface area contributed by atoms with E-state index in [-0.39, 0.29) is 30.4 Å². The van der Waals surface area contributed by atoms with Crippen molar-refractivity contribution in [3.8, 4) is 11.1 Å². The molecular formula is C28H34N2O5. The number of fused-ring (bicyclic) bond motifs is 3. The molecule has 1 heterocycles. The van der Waals surface area contributed by atoms with Gasteiger partial charge < -0.3 is 20.1 Å². The summed E-state index contributed by atoms with van der Waals surface area (Å²) in [6.07, 6.45) is 0.932. The average molecular weight is 479 g/mol. The molecule has 2 aromatic carbocycles. The molecule has 7 nitrogen and oxygen atoms in total. The molecule has 1 aliphatic heterocycles. The molecule has 0 radical (unpaired) electrons. The maximum Gasteiger partial charge on any atom is 0.407 e. The predicted molar refractivity (Wildman–Crippen MR) is 133 cm³/mol. The van der Waals surface area contributed by atoms with Crippen LogP contribution in [0.1, 0.15) is 57.1 Å². The van der Waals surface area contributed by atoms with Crippen molar-refractivity contribution in [1.82, 2.24) is 10.2 Å². The van der Waals surface area contributed by atoms with Gasteiger partial charge in [-0.25, -0.2) is 4.79 Å². The molecular weight excluding hydrogens is 444 g/mol. The summed E-state index contributed by atoms with van der Waals surface area (Å²) < 4.78 is 5.68. The molecule has 1 aliphatic carbocycles. The van der Waals surface area contributed by atoms with E-state index in [2.05, 4.69) is 29.6 Å². The van der Waals surface area contributed by atoms with E-state index in [4.69, 9.17) is 4.74 Å². The number of aliphatic carboxylic acids is 1. The minimum atomic E-state index is -0.820. The van der Waals surface area contributed by atoms with E-state index < -0.39 is 24.0 Å². The fourth-order valence-electron chi connectivity index (χ4n) is 5.35. The second kappa shape index (κ2) is 10.5. The van der Waals surface area contributed by atoms with Crippen molar-refractivity contribution in [2.24, 2.45) is 11.8 Å². The van der Waals surface area contributed by atoms with Crippen LogP contribution >= 0.6 is 0 Å². The first kappa shape index (κ1) is 24.8. The molecule has 7 heteroatoms. The zero-order chi connectivity index (χ0) is 25.1. The van der Waals surface area contributed by atoms with Gasteiger partial charge in [-0.2, -0.15) is 0 Å². The van der Waals surface area contributed by atoms with Gasteiger partial charge in [0, 0.05) is 18.5 Å². The Balaban J connectivity index is 1.43.